The van der Waals surface area contributed by atoms with Crippen molar-refractivity contribution in [3.05, 3.63) is 18.2 Å². The lowest BCUT2D eigenvalue weighted by atomic mass is 10.4. The van der Waals surface area contributed by atoms with Crippen molar-refractivity contribution in [2.75, 3.05) is 30.0 Å². The SMILES string of the molecule is CNc1cccc(NCCCS(N)(=O)=O)n1. The number of pyridine rings is 1. The van der Waals surface area contributed by atoms with E-state index < -0.39 is 10.0 Å². The van der Waals surface area contributed by atoms with Gasteiger partial charge in [0.15, 0.2) is 0 Å². The average molecular weight is 244 g/mol. The number of nitrogens with zero attached hydrogens (tertiary/aromatic N) is 1. The van der Waals surface area contributed by atoms with Crippen molar-refractivity contribution >= 4 is 21.7 Å². The summed E-state index contributed by atoms with van der Waals surface area (Å²) < 4.78 is 21.3. The van der Waals surface area contributed by atoms with Crippen molar-refractivity contribution < 1.29 is 8.42 Å². The molecule has 0 aliphatic heterocycles. The Kier molecular flexibility index (Phi) is 4.51. The molecule has 90 valence electrons. The van der Waals surface area contributed by atoms with Gasteiger partial charge in [-0.05, 0) is 18.6 Å². The van der Waals surface area contributed by atoms with Gasteiger partial charge in [0.25, 0.3) is 0 Å². The second-order valence-electron chi connectivity index (χ2n) is 3.31. The Balaban J connectivity index is 2.37. The normalized spacial score (nSPS) is 11.1. The molecule has 0 radical (unpaired) electrons. The molecule has 6 nitrogen and oxygen atoms in total. The maximum atomic E-state index is 10.7. The molecule has 1 heterocycles. The number of rotatable bonds is 6. The van der Waals surface area contributed by atoms with Gasteiger partial charge in [0.05, 0.1) is 5.75 Å². The largest absolute Gasteiger partial charge is 0.373 e. The number of hydrogen-bond donors (Lipinski definition) is 3. The van der Waals surface area contributed by atoms with Crippen LogP contribution in [-0.4, -0.2) is 32.7 Å². The van der Waals surface area contributed by atoms with Crippen LogP contribution >= 0.6 is 0 Å². The third-order valence-electron chi connectivity index (χ3n) is 1.92. The Morgan fingerprint density at radius 1 is 1.38 bits per heavy atom. The minimum absolute atomic E-state index is 0.0221. The minimum atomic E-state index is -3.36. The summed E-state index contributed by atoms with van der Waals surface area (Å²) in [6, 6.07) is 5.52. The van der Waals surface area contributed by atoms with Crippen molar-refractivity contribution in [2.45, 2.75) is 6.42 Å². The molecule has 0 spiro atoms. The molecule has 0 saturated carbocycles. The summed E-state index contributed by atoms with van der Waals surface area (Å²) >= 11 is 0. The zero-order valence-corrected chi connectivity index (χ0v) is 9.92. The molecule has 7 heteroatoms. The Morgan fingerprint density at radius 2 is 2.06 bits per heavy atom. The van der Waals surface area contributed by atoms with E-state index >= 15 is 0 Å². The average Bonchev–Trinajstić information content (AvgIpc) is 2.23. The molecule has 1 rings (SSSR count). The molecule has 0 bridgehead atoms. The highest BCUT2D eigenvalue weighted by Crippen LogP contribution is 2.07. The summed E-state index contributed by atoms with van der Waals surface area (Å²) in [5.41, 5.74) is 0. The first-order valence-electron chi connectivity index (χ1n) is 4.90. The van der Waals surface area contributed by atoms with E-state index in [0.29, 0.717) is 18.8 Å². The van der Waals surface area contributed by atoms with Crippen LogP contribution in [0.1, 0.15) is 6.42 Å². The highest BCUT2D eigenvalue weighted by molar-refractivity contribution is 7.89. The van der Waals surface area contributed by atoms with Gasteiger partial charge in [-0.25, -0.2) is 18.5 Å². The highest BCUT2D eigenvalue weighted by Gasteiger charge is 2.01. The van der Waals surface area contributed by atoms with E-state index in [4.69, 9.17) is 5.14 Å². The summed E-state index contributed by atoms with van der Waals surface area (Å²) in [7, 11) is -1.58. The Morgan fingerprint density at radius 3 is 2.69 bits per heavy atom. The van der Waals surface area contributed by atoms with Gasteiger partial charge in [-0.2, -0.15) is 0 Å². The lowest BCUT2D eigenvalue weighted by molar-refractivity contribution is 0.595. The van der Waals surface area contributed by atoms with Crippen LogP contribution in [0, 0.1) is 0 Å². The van der Waals surface area contributed by atoms with Crippen LogP contribution < -0.4 is 15.8 Å². The third kappa shape index (κ3) is 4.94. The van der Waals surface area contributed by atoms with Gasteiger partial charge in [-0.3, -0.25) is 0 Å². The molecule has 0 aliphatic rings. The van der Waals surface area contributed by atoms with Gasteiger partial charge in [0.2, 0.25) is 10.0 Å². The van der Waals surface area contributed by atoms with Crippen LogP contribution in [0.5, 0.6) is 0 Å². The third-order valence-corrected chi connectivity index (χ3v) is 2.77. The number of sulfonamides is 1. The highest BCUT2D eigenvalue weighted by atomic mass is 32.2. The first-order valence-corrected chi connectivity index (χ1v) is 6.62. The molecule has 0 amide bonds. The van der Waals surface area contributed by atoms with Crippen LogP contribution in [-0.2, 0) is 10.0 Å². The lowest BCUT2D eigenvalue weighted by Crippen LogP contribution is -2.18. The van der Waals surface area contributed by atoms with Crippen molar-refractivity contribution in [1.29, 1.82) is 0 Å². The maximum absolute atomic E-state index is 10.7. The number of primary sulfonamides is 1. The molecule has 1 aromatic heterocycles. The van der Waals surface area contributed by atoms with Crippen LogP contribution in [0.25, 0.3) is 0 Å². The van der Waals surface area contributed by atoms with E-state index in [0.717, 1.165) is 5.82 Å². The Hall–Kier alpha value is -1.34. The number of nitrogens with two attached hydrogens (primary N) is 1. The summed E-state index contributed by atoms with van der Waals surface area (Å²) in [4.78, 5) is 4.22. The van der Waals surface area contributed by atoms with Gasteiger partial charge in [0, 0.05) is 13.6 Å². The monoisotopic (exact) mass is 244 g/mol. The van der Waals surface area contributed by atoms with Crippen molar-refractivity contribution in [3.63, 3.8) is 0 Å². The smallest absolute Gasteiger partial charge is 0.209 e. The first kappa shape index (κ1) is 12.7. The standard InChI is InChI=1S/C9H16N4O2S/c1-11-8-4-2-5-9(13-8)12-6-3-7-16(10,14)15/h2,4-5H,3,6-7H2,1H3,(H2,10,14,15)(H2,11,12,13). The fourth-order valence-electron chi connectivity index (χ4n) is 1.16. The van der Waals surface area contributed by atoms with Gasteiger partial charge in [-0.1, -0.05) is 6.07 Å². The topological polar surface area (TPSA) is 97.1 Å². The lowest BCUT2D eigenvalue weighted by Gasteiger charge is -2.06. The molecular formula is C9H16N4O2S. The molecule has 0 aliphatic carbocycles. The van der Waals surface area contributed by atoms with Gasteiger partial charge in [0.1, 0.15) is 11.6 Å². The summed E-state index contributed by atoms with van der Waals surface area (Å²) in [5.74, 6) is 1.45. The number of nitrogens with one attached hydrogen (secondary N) is 2. The Bertz CT molecular complexity index is 433. The maximum Gasteiger partial charge on any atom is 0.209 e. The molecule has 0 unspecified atom stereocenters. The van der Waals surface area contributed by atoms with Crippen molar-refractivity contribution in [2.24, 2.45) is 5.14 Å². The predicted molar refractivity (Wildman–Crippen MR) is 64.9 cm³/mol. The second kappa shape index (κ2) is 5.66. The quantitative estimate of drug-likeness (QED) is 0.622. The molecule has 4 N–H and O–H groups in total. The molecule has 0 saturated heterocycles. The van der Waals surface area contributed by atoms with Crippen LogP contribution in [0.15, 0.2) is 18.2 Å². The van der Waals surface area contributed by atoms with Crippen LogP contribution in [0.2, 0.25) is 0 Å². The fourth-order valence-corrected chi connectivity index (χ4v) is 1.71. The minimum Gasteiger partial charge on any atom is -0.373 e. The van der Waals surface area contributed by atoms with Crippen LogP contribution in [0.3, 0.4) is 0 Å². The summed E-state index contributed by atoms with van der Waals surface area (Å²) in [6.07, 6.45) is 0.463. The molecule has 0 atom stereocenters. The zero-order chi connectivity index (χ0) is 12.0. The van der Waals surface area contributed by atoms with E-state index in [2.05, 4.69) is 15.6 Å². The number of anilines is 2. The number of aromatic nitrogens is 1. The van der Waals surface area contributed by atoms with E-state index in [1.165, 1.54) is 0 Å². The Labute approximate surface area is 95.3 Å². The van der Waals surface area contributed by atoms with E-state index in [9.17, 15) is 8.42 Å². The second-order valence-corrected chi connectivity index (χ2v) is 5.04. The van der Waals surface area contributed by atoms with Crippen molar-refractivity contribution in [1.82, 2.24) is 4.98 Å². The zero-order valence-electron chi connectivity index (χ0n) is 9.10. The predicted octanol–water partition coefficient (Wildman–Crippen LogP) is 0.214. The van der Waals surface area contributed by atoms with Gasteiger partial charge in [-0.15, -0.1) is 0 Å². The fraction of sp³-hybridized carbons (Fsp3) is 0.444. The molecule has 16 heavy (non-hydrogen) atoms. The molecular weight excluding hydrogens is 228 g/mol. The summed E-state index contributed by atoms with van der Waals surface area (Å²) in [6.45, 7) is 0.524. The van der Waals surface area contributed by atoms with E-state index in [-0.39, 0.29) is 5.75 Å². The van der Waals surface area contributed by atoms with Crippen molar-refractivity contribution in [3.8, 4) is 0 Å². The molecule has 1 aromatic rings. The summed E-state index contributed by atoms with van der Waals surface area (Å²) in [5, 5.41) is 10.8. The van der Waals surface area contributed by atoms with Crippen LogP contribution in [0.4, 0.5) is 11.6 Å². The number of hydrogen-bond acceptors (Lipinski definition) is 5. The van der Waals surface area contributed by atoms with Gasteiger partial charge >= 0.3 is 0 Å². The molecule has 0 fully saturated rings. The van der Waals surface area contributed by atoms with E-state index in [1.54, 1.807) is 7.05 Å². The molecule has 0 aromatic carbocycles. The van der Waals surface area contributed by atoms with E-state index in [1.807, 2.05) is 18.2 Å². The van der Waals surface area contributed by atoms with Gasteiger partial charge < -0.3 is 10.6 Å². The first-order chi connectivity index (χ1) is 7.51.